The molecular formula is C21H36N4O6. The number of hydrogen-bond acceptors (Lipinski definition) is 6. The van der Waals surface area contributed by atoms with Gasteiger partial charge in [0.25, 0.3) is 0 Å². The topological polar surface area (TPSA) is 151 Å². The molecule has 0 aromatic heterocycles. The van der Waals surface area contributed by atoms with Gasteiger partial charge in [-0.15, -0.1) is 0 Å². The van der Waals surface area contributed by atoms with Crippen LogP contribution in [0.2, 0.25) is 0 Å². The number of amides is 4. The van der Waals surface area contributed by atoms with Crippen molar-refractivity contribution in [3.8, 4) is 0 Å². The van der Waals surface area contributed by atoms with E-state index in [1.807, 2.05) is 0 Å². The lowest BCUT2D eigenvalue weighted by Gasteiger charge is -2.20. The zero-order valence-electron chi connectivity index (χ0n) is 19.4. The van der Waals surface area contributed by atoms with Crippen LogP contribution in [0.5, 0.6) is 0 Å². The first kappa shape index (κ1) is 28.2. The van der Waals surface area contributed by atoms with Gasteiger partial charge in [0.2, 0.25) is 23.6 Å². The Kier molecular flexibility index (Phi) is 11.7. The average molecular weight is 441 g/mol. The lowest BCUT2D eigenvalue weighted by atomic mass is 9.85. The molecule has 10 heteroatoms. The summed E-state index contributed by atoms with van der Waals surface area (Å²) in [5.74, 6) is -1.51. The Balaban J connectivity index is 3.94. The second kappa shape index (κ2) is 12.8. The fourth-order valence-electron chi connectivity index (χ4n) is 2.25. The van der Waals surface area contributed by atoms with Crippen molar-refractivity contribution in [2.75, 3.05) is 13.3 Å². The highest BCUT2D eigenvalue weighted by molar-refractivity contribution is 5.89. The van der Waals surface area contributed by atoms with E-state index < -0.39 is 10.8 Å². The fraction of sp³-hybridized carbons (Fsp3) is 0.714. The molecule has 0 unspecified atom stereocenters. The minimum atomic E-state index is -0.759. The third kappa shape index (κ3) is 12.5. The summed E-state index contributed by atoms with van der Waals surface area (Å²) in [6.45, 7) is 9.45. The Labute approximate surface area is 183 Å². The summed E-state index contributed by atoms with van der Waals surface area (Å²) in [4.78, 5) is 69.9. The second-order valence-corrected chi connectivity index (χ2v) is 8.84. The molecule has 4 N–H and O–H groups in total. The third-order valence-corrected chi connectivity index (χ3v) is 5.06. The molecule has 0 aliphatic carbocycles. The van der Waals surface area contributed by atoms with Crippen LogP contribution in [-0.2, 0) is 28.8 Å². The Bertz CT molecular complexity index is 642. The molecule has 0 fully saturated rings. The highest BCUT2D eigenvalue weighted by Crippen LogP contribution is 2.21. The van der Waals surface area contributed by atoms with E-state index in [-0.39, 0.29) is 74.2 Å². The van der Waals surface area contributed by atoms with E-state index in [2.05, 4.69) is 21.3 Å². The van der Waals surface area contributed by atoms with Crippen LogP contribution in [0.25, 0.3) is 0 Å². The second-order valence-electron chi connectivity index (χ2n) is 8.84. The lowest BCUT2D eigenvalue weighted by Crippen LogP contribution is -2.40. The minimum Gasteiger partial charge on any atom is -0.339 e. The summed E-state index contributed by atoms with van der Waals surface area (Å²) in [5, 5.41) is 10.1. The molecule has 4 amide bonds. The molecule has 0 atom stereocenters. The molecule has 0 radical (unpaired) electrons. The van der Waals surface area contributed by atoms with E-state index in [4.69, 9.17) is 0 Å². The first-order valence-electron chi connectivity index (χ1n) is 10.3. The highest BCUT2D eigenvalue weighted by Gasteiger charge is 2.27. The van der Waals surface area contributed by atoms with Crippen LogP contribution >= 0.6 is 0 Å². The summed E-state index contributed by atoms with van der Waals surface area (Å²) >= 11 is 0. The summed E-state index contributed by atoms with van der Waals surface area (Å²) in [5.41, 5.74) is -1.52. The molecule has 176 valence electrons. The molecule has 0 spiro atoms. The van der Waals surface area contributed by atoms with Gasteiger partial charge in [0, 0.05) is 36.5 Å². The number of carbonyl (C=O) groups excluding carboxylic acids is 6. The Hall–Kier alpha value is -2.78. The van der Waals surface area contributed by atoms with Gasteiger partial charge in [-0.05, 0) is 20.3 Å². The van der Waals surface area contributed by atoms with Crippen LogP contribution in [0.1, 0.15) is 73.6 Å². The summed E-state index contributed by atoms with van der Waals surface area (Å²) in [6, 6.07) is 0. The van der Waals surface area contributed by atoms with Crippen molar-refractivity contribution in [1.29, 1.82) is 0 Å². The van der Waals surface area contributed by atoms with E-state index in [0.29, 0.717) is 6.42 Å². The first-order chi connectivity index (χ1) is 14.2. The van der Waals surface area contributed by atoms with Crippen molar-refractivity contribution >= 4 is 35.2 Å². The van der Waals surface area contributed by atoms with Gasteiger partial charge in [0.15, 0.2) is 0 Å². The monoisotopic (exact) mass is 440 g/mol. The summed E-state index contributed by atoms with van der Waals surface area (Å²) < 4.78 is 0. The maximum atomic E-state index is 11.8. The quantitative estimate of drug-likeness (QED) is 0.290. The maximum absolute atomic E-state index is 11.8. The van der Waals surface area contributed by atoms with Crippen molar-refractivity contribution < 1.29 is 28.8 Å². The predicted octanol–water partition coefficient (Wildman–Crippen LogP) is 0.547. The van der Waals surface area contributed by atoms with Crippen LogP contribution in [0.15, 0.2) is 0 Å². The van der Waals surface area contributed by atoms with Crippen LogP contribution in [0.3, 0.4) is 0 Å². The average Bonchev–Trinajstić information content (AvgIpc) is 2.60. The first-order valence-corrected chi connectivity index (χ1v) is 10.3. The molecular weight excluding hydrogens is 404 g/mol. The molecule has 0 bridgehead atoms. The van der Waals surface area contributed by atoms with E-state index in [0.717, 1.165) is 0 Å². The number of Topliss-reactive ketones (excluding diaryl/α,β-unsaturated/α-hetero) is 2. The van der Waals surface area contributed by atoms with Crippen molar-refractivity contribution in [3.63, 3.8) is 0 Å². The van der Waals surface area contributed by atoms with Gasteiger partial charge in [0.1, 0.15) is 11.6 Å². The number of ketones is 2. The smallest absolute Gasteiger partial charge is 0.222 e. The largest absolute Gasteiger partial charge is 0.339 e. The van der Waals surface area contributed by atoms with Crippen LogP contribution in [0.4, 0.5) is 0 Å². The van der Waals surface area contributed by atoms with Crippen molar-refractivity contribution in [1.82, 2.24) is 21.3 Å². The zero-order valence-corrected chi connectivity index (χ0v) is 19.4. The van der Waals surface area contributed by atoms with E-state index in [1.165, 1.54) is 13.8 Å². The number of carbonyl (C=O) groups is 6. The lowest BCUT2D eigenvalue weighted by molar-refractivity contribution is -0.132. The van der Waals surface area contributed by atoms with E-state index in [9.17, 15) is 28.8 Å². The molecule has 10 nitrogen and oxygen atoms in total. The maximum Gasteiger partial charge on any atom is 0.222 e. The van der Waals surface area contributed by atoms with Gasteiger partial charge in [-0.25, -0.2) is 0 Å². The van der Waals surface area contributed by atoms with Crippen LogP contribution in [-0.4, -0.2) is 48.5 Å². The van der Waals surface area contributed by atoms with Gasteiger partial charge in [-0.2, -0.15) is 0 Å². The van der Waals surface area contributed by atoms with Crippen molar-refractivity contribution in [2.45, 2.75) is 73.6 Å². The predicted molar refractivity (Wildman–Crippen MR) is 114 cm³/mol. The zero-order chi connectivity index (χ0) is 24.2. The third-order valence-electron chi connectivity index (χ3n) is 5.06. The van der Waals surface area contributed by atoms with Crippen molar-refractivity contribution in [2.24, 2.45) is 10.8 Å². The van der Waals surface area contributed by atoms with Crippen molar-refractivity contribution in [3.05, 3.63) is 0 Å². The summed E-state index contributed by atoms with van der Waals surface area (Å²) in [6.07, 6.45) is 0.555. The molecule has 0 rings (SSSR count). The van der Waals surface area contributed by atoms with Gasteiger partial charge < -0.3 is 21.3 Å². The number of hydrogen-bond donors (Lipinski definition) is 4. The fourth-order valence-corrected chi connectivity index (χ4v) is 2.25. The highest BCUT2D eigenvalue weighted by atomic mass is 16.2. The molecule has 31 heavy (non-hydrogen) atoms. The molecule has 0 aliphatic heterocycles. The van der Waals surface area contributed by atoms with Gasteiger partial charge in [0.05, 0.1) is 13.3 Å². The Morgan fingerprint density at radius 1 is 0.548 bits per heavy atom. The molecule has 0 heterocycles. The SMILES string of the molecule is CC(=O)C(C)(C)CC(=O)NCNC(=O)CCCC(=O)NCNC(=O)CC(C)(C)C(C)=O. The molecule has 0 aliphatic rings. The Morgan fingerprint density at radius 3 is 1.13 bits per heavy atom. The molecule has 0 saturated carbocycles. The molecule has 0 aromatic rings. The number of nitrogens with one attached hydrogen (secondary N) is 4. The van der Waals surface area contributed by atoms with E-state index >= 15 is 0 Å². The Morgan fingerprint density at radius 2 is 0.839 bits per heavy atom. The van der Waals surface area contributed by atoms with Gasteiger partial charge in [-0.3, -0.25) is 28.8 Å². The molecule has 0 aromatic carbocycles. The van der Waals surface area contributed by atoms with E-state index in [1.54, 1.807) is 27.7 Å². The van der Waals surface area contributed by atoms with Crippen LogP contribution < -0.4 is 21.3 Å². The minimum absolute atomic E-state index is 0.0289. The van der Waals surface area contributed by atoms with Gasteiger partial charge >= 0.3 is 0 Å². The summed E-state index contributed by atoms with van der Waals surface area (Å²) in [7, 11) is 0. The van der Waals surface area contributed by atoms with Gasteiger partial charge in [-0.1, -0.05) is 27.7 Å². The number of rotatable bonds is 14. The van der Waals surface area contributed by atoms with Crippen LogP contribution in [0, 0.1) is 10.8 Å². The normalized spacial score (nSPS) is 11.3. The standard InChI is InChI=1S/C21H36N4O6/c1-14(26)20(3,4)10-18(30)24-12-22-16(28)8-7-9-17(29)23-13-25-19(31)11-21(5,6)15(2)27/h7-13H2,1-6H3,(H,22,28)(H,23,29)(H,24,30)(H,25,31). The molecule has 0 saturated heterocycles.